The first-order valence-electron chi connectivity index (χ1n) is 5.21. The van der Waals surface area contributed by atoms with Crippen LogP contribution in [0.1, 0.15) is 11.5 Å². The number of rotatable bonds is 5. The first kappa shape index (κ1) is 12.6. The average molecular weight is 265 g/mol. The Morgan fingerprint density at radius 2 is 2.39 bits per heavy atom. The first-order chi connectivity index (χ1) is 8.66. The molecule has 0 bridgehead atoms. The second kappa shape index (κ2) is 5.63. The number of carboxylic acid groups (broad SMARTS) is 1. The zero-order chi connectivity index (χ0) is 13.0. The van der Waals surface area contributed by atoms with E-state index in [1.165, 1.54) is 11.8 Å². The van der Waals surface area contributed by atoms with Gasteiger partial charge in [-0.3, -0.25) is 9.78 Å². The van der Waals surface area contributed by atoms with E-state index in [0.717, 1.165) is 5.56 Å². The largest absolute Gasteiger partial charge is 0.481 e. The molecule has 0 amide bonds. The molecule has 0 aromatic carbocycles. The molecule has 2 heterocycles. The van der Waals surface area contributed by atoms with E-state index in [1.54, 1.807) is 6.20 Å². The van der Waals surface area contributed by atoms with Gasteiger partial charge in [-0.2, -0.15) is 4.98 Å². The highest BCUT2D eigenvalue weighted by Gasteiger charge is 2.12. The van der Waals surface area contributed by atoms with Gasteiger partial charge >= 0.3 is 5.97 Å². The van der Waals surface area contributed by atoms with E-state index in [1.807, 2.05) is 19.1 Å². The van der Waals surface area contributed by atoms with Crippen molar-refractivity contribution in [2.75, 3.05) is 5.75 Å². The summed E-state index contributed by atoms with van der Waals surface area (Å²) in [6, 6.07) is 3.75. The Kier molecular flexibility index (Phi) is 3.93. The van der Waals surface area contributed by atoms with Crippen molar-refractivity contribution in [2.24, 2.45) is 0 Å². The average Bonchev–Trinajstić information content (AvgIpc) is 2.78. The normalized spacial score (nSPS) is 10.5. The second-order valence-corrected chi connectivity index (χ2v) is 4.55. The van der Waals surface area contributed by atoms with Gasteiger partial charge in [0.1, 0.15) is 5.69 Å². The van der Waals surface area contributed by atoms with E-state index in [9.17, 15) is 4.79 Å². The minimum atomic E-state index is -0.861. The third-order valence-electron chi connectivity index (χ3n) is 2.14. The molecule has 0 saturated heterocycles. The van der Waals surface area contributed by atoms with Gasteiger partial charge in [0.2, 0.25) is 11.7 Å². The van der Waals surface area contributed by atoms with E-state index in [2.05, 4.69) is 15.1 Å². The van der Waals surface area contributed by atoms with E-state index < -0.39 is 5.97 Å². The van der Waals surface area contributed by atoms with E-state index in [4.69, 9.17) is 9.63 Å². The fourth-order valence-corrected chi connectivity index (χ4v) is 1.92. The van der Waals surface area contributed by atoms with E-state index >= 15 is 0 Å². The minimum absolute atomic E-state index is 0.0142. The highest BCUT2D eigenvalue weighted by Crippen LogP contribution is 2.18. The third-order valence-corrected chi connectivity index (χ3v) is 3.04. The number of aliphatic carboxylic acids is 1. The number of hydrogen-bond donors (Lipinski definition) is 1. The molecule has 1 N–H and O–H groups in total. The standard InChI is InChI=1S/C11H11N3O3S/c1-7-3-2-4-12-10(7)11-13-8(17-14-11)5-18-6-9(15)16/h2-4H,5-6H2,1H3,(H,15,16). The van der Waals surface area contributed by atoms with Crippen LogP contribution in [0.4, 0.5) is 0 Å². The zero-order valence-electron chi connectivity index (χ0n) is 9.66. The lowest BCUT2D eigenvalue weighted by atomic mass is 10.2. The van der Waals surface area contributed by atoms with Crippen LogP contribution in [0.5, 0.6) is 0 Å². The van der Waals surface area contributed by atoms with Gasteiger partial charge < -0.3 is 9.63 Å². The van der Waals surface area contributed by atoms with Gasteiger partial charge in [0.05, 0.1) is 11.5 Å². The van der Waals surface area contributed by atoms with Crippen molar-refractivity contribution < 1.29 is 14.4 Å². The Labute approximate surface area is 107 Å². The van der Waals surface area contributed by atoms with Gasteiger partial charge in [-0.05, 0) is 18.6 Å². The summed E-state index contributed by atoms with van der Waals surface area (Å²) in [4.78, 5) is 18.7. The summed E-state index contributed by atoms with van der Waals surface area (Å²) < 4.78 is 5.04. The molecule has 0 aliphatic heterocycles. The molecule has 18 heavy (non-hydrogen) atoms. The van der Waals surface area contributed by atoms with E-state index in [0.29, 0.717) is 23.2 Å². The number of carbonyl (C=O) groups is 1. The fourth-order valence-electron chi connectivity index (χ4n) is 1.36. The predicted molar refractivity (Wildman–Crippen MR) is 66.1 cm³/mol. The maximum absolute atomic E-state index is 10.4. The molecule has 0 aliphatic rings. The second-order valence-electron chi connectivity index (χ2n) is 3.57. The number of thioether (sulfide) groups is 1. The maximum Gasteiger partial charge on any atom is 0.313 e. The molecule has 0 radical (unpaired) electrons. The number of hydrogen-bond acceptors (Lipinski definition) is 6. The SMILES string of the molecule is Cc1cccnc1-c1noc(CSCC(=O)O)n1. The summed E-state index contributed by atoms with van der Waals surface area (Å²) in [6.45, 7) is 1.91. The lowest BCUT2D eigenvalue weighted by molar-refractivity contribution is -0.133. The highest BCUT2D eigenvalue weighted by molar-refractivity contribution is 7.99. The fraction of sp³-hybridized carbons (Fsp3) is 0.273. The molecule has 2 aromatic rings. The van der Waals surface area contributed by atoms with Crippen molar-refractivity contribution >= 4 is 17.7 Å². The van der Waals surface area contributed by atoms with Gasteiger partial charge in [-0.1, -0.05) is 11.2 Å². The minimum Gasteiger partial charge on any atom is -0.481 e. The quantitative estimate of drug-likeness (QED) is 0.880. The Morgan fingerprint density at radius 3 is 3.11 bits per heavy atom. The predicted octanol–water partition coefficient (Wildman–Crippen LogP) is 1.76. The molecule has 7 heteroatoms. The van der Waals surface area contributed by atoms with Crippen LogP contribution in [-0.4, -0.2) is 32.0 Å². The number of carboxylic acids is 1. The Hall–Kier alpha value is -1.89. The van der Waals surface area contributed by atoms with Crippen LogP contribution >= 0.6 is 11.8 Å². The molecule has 94 valence electrons. The molecule has 6 nitrogen and oxygen atoms in total. The van der Waals surface area contributed by atoms with E-state index in [-0.39, 0.29) is 5.75 Å². The van der Waals surface area contributed by atoms with Crippen molar-refractivity contribution in [1.29, 1.82) is 0 Å². The number of aromatic nitrogens is 3. The molecular formula is C11H11N3O3S. The van der Waals surface area contributed by atoms with Crippen LogP contribution in [0.25, 0.3) is 11.5 Å². The van der Waals surface area contributed by atoms with Crippen molar-refractivity contribution in [3.8, 4) is 11.5 Å². The zero-order valence-corrected chi connectivity index (χ0v) is 10.5. The van der Waals surface area contributed by atoms with Crippen molar-refractivity contribution in [2.45, 2.75) is 12.7 Å². The van der Waals surface area contributed by atoms with Crippen LogP contribution in [0, 0.1) is 6.92 Å². The number of aryl methyl sites for hydroxylation is 1. The molecule has 2 rings (SSSR count). The lowest BCUT2D eigenvalue weighted by Gasteiger charge is -1.96. The van der Waals surface area contributed by atoms with Crippen molar-refractivity contribution in [3.63, 3.8) is 0 Å². The molecule has 0 aliphatic carbocycles. The van der Waals surface area contributed by atoms with Crippen LogP contribution in [-0.2, 0) is 10.5 Å². The summed E-state index contributed by atoms with van der Waals surface area (Å²) in [5.74, 6) is 0.367. The number of nitrogens with zero attached hydrogens (tertiary/aromatic N) is 3. The Bertz CT molecular complexity index is 556. The Morgan fingerprint density at radius 1 is 1.56 bits per heavy atom. The number of pyridine rings is 1. The lowest BCUT2D eigenvalue weighted by Crippen LogP contribution is -1.98. The summed E-state index contributed by atoms with van der Waals surface area (Å²) in [5, 5.41) is 12.3. The Balaban J connectivity index is 2.06. The molecule has 0 saturated carbocycles. The third kappa shape index (κ3) is 3.07. The summed E-state index contributed by atoms with van der Waals surface area (Å²) >= 11 is 1.21. The molecule has 0 unspecified atom stereocenters. The van der Waals surface area contributed by atoms with Crippen LogP contribution < -0.4 is 0 Å². The molecular weight excluding hydrogens is 254 g/mol. The summed E-state index contributed by atoms with van der Waals surface area (Å²) in [5.41, 5.74) is 1.64. The van der Waals surface area contributed by atoms with Gasteiger partial charge in [0, 0.05) is 6.20 Å². The molecule has 0 fully saturated rings. The van der Waals surface area contributed by atoms with Gasteiger partial charge in [0.15, 0.2) is 0 Å². The van der Waals surface area contributed by atoms with Gasteiger partial charge in [-0.25, -0.2) is 0 Å². The van der Waals surface area contributed by atoms with Crippen molar-refractivity contribution in [1.82, 2.24) is 15.1 Å². The maximum atomic E-state index is 10.4. The smallest absolute Gasteiger partial charge is 0.313 e. The monoisotopic (exact) mass is 265 g/mol. The van der Waals surface area contributed by atoms with Gasteiger partial charge in [-0.15, -0.1) is 11.8 Å². The van der Waals surface area contributed by atoms with Crippen LogP contribution in [0.3, 0.4) is 0 Å². The van der Waals surface area contributed by atoms with Crippen LogP contribution in [0.15, 0.2) is 22.9 Å². The molecule has 0 atom stereocenters. The van der Waals surface area contributed by atoms with Crippen LogP contribution in [0.2, 0.25) is 0 Å². The summed E-state index contributed by atoms with van der Waals surface area (Å²) in [6.07, 6.45) is 1.66. The van der Waals surface area contributed by atoms with Crippen molar-refractivity contribution in [3.05, 3.63) is 29.8 Å². The molecule has 0 spiro atoms. The topological polar surface area (TPSA) is 89.1 Å². The highest BCUT2D eigenvalue weighted by atomic mass is 32.2. The summed E-state index contributed by atoms with van der Waals surface area (Å²) in [7, 11) is 0. The van der Waals surface area contributed by atoms with Gasteiger partial charge in [0.25, 0.3) is 0 Å². The first-order valence-corrected chi connectivity index (χ1v) is 6.36. The molecule has 2 aromatic heterocycles.